The topological polar surface area (TPSA) is 98.8 Å². The van der Waals surface area contributed by atoms with E-state index in [0.717, 1.165) is 24.3 Å². The van der Waals surface area contributed by atoms with Crippen LogP contribution < -0.4 is 15.5 Å². The molecule has 3 aromatic rings. The number of fused-ring (bicyclic) bond motifs is 1. The van der Waals surface area contributed by atoms with Gasteiger partial charge in [0.05, 0.1) is 18.1 Å². The molecule has 3 N–H and O–H groups in total. The number of amides is 2. The summed E-state index contributed by atoms with van der Waals surface area (Å²) in [6.45, 7) is 3.43. The van der Waals surface area contributed by atoms with E-state index in [0.29, 0.717) is 35.9 Å². The molecule has 1 saturated heterocycles. The molecule has 0 unspecified atom stereocenters. The molecule has 31 heavy (non-hydrogen) atoms. The second-order valence-corrected chi connectivity index (χ2v) is 7.69. The molecule has 3 aromatic heterocycles. The van der Waals surface area contributed by atoms with Crippen LogP contribution in [0.25, 0.3) is 11.0 Å². The first-order valence-corrected chi connectivity index (χ1v) is 9.95. The van der Waals surface area contributed by atoms with Gasteiger partial charge in [-0.1, -0.05) is 13.0 Å². The Bertz CT molecular complexity index is 1070. The molecular formula is C20H22F3N7O. The summed E-state index contributed by atoms with van der Waals surface area (Å²) in [5.41, 5.74) is 0.666. The lowest BCUT2D eigenvalue weighted by Gasteiger charge is -2.33. The molecular weight excluding hydrogens is 411 g/mol. The number of anilines is 2. The fourth-order valence-electron chi connectivity index (χ4n) is 3.52. The smallest absolute Gasteiger partial charge is 0.356 e. The average molecular weight is 433 g/mol. The van der Waals surface area contributed by atoms with Crippen molar-refractivity contribution in [2.24, 2.45) is 5.92 Å². The highest BCUT2D eigenvalue weighted by Crippen LogP contribution is 2.32. The minimum absolute atomic E-state index is 0.0414. The normalized spacial score (nSPS) is 15.3. The van der Waals surface area contributed by atoms with E-state index >= 15 is 0 Å². The first-order chi connectivity index (χ1) is 14.8. The van der Waals surface area contributed by atoms with Gasteiger partial charge in [0.15, 0.2) is 5.65 Å². The summed E-state index contributed by atoms with van der Waals surface area (Å²) in [6, 6.07) is 3.54. The number of rotatable bonds is 4. The maximum Gasteiger partial charge on any atom is 0.433 e. The molecule has 1 fully saturated rings. The van der Waals surface area contributed by atoms with E-state index in [1.807, 2.05) is 4.90 Å². The number of aromatic nitrogens is 4. The van der Waals surface area contributed by atoms with Crippen LogP contribution in [0.1, 0.15) is 31.0 Å². The van der Waals surface area contributed by atoms with Crippen LogP contribution in [0.2, 0.25) is 0 Å². The van der Waals surface area contributed by atoms with Gasteiger partial charge in [-0.2, -0.15) is 18.3 Å². The molecule has 0 bridgehead atoms. The molecule has 0 aromatic carbocycles. The average Bonchev–Trinajstić information content (AvgIpc) is 3.20. The van der Waals surface area contributed by atoms with Gasteiger partial charge in [-0.3, -0.25) is 5.10 Å². The van der Waals surface area contributed by atoms with E-state index < -0.39 is 17.9 Å². The van der Waals surface area contributed by atoms with Gasteiger partial charge in [0.25, 0.3) is 0 Å². The quantitative estimate of drug-likeness (QED) is 0.579. The van der Waals surface area contributed by atoms with Crippen molar-refractivity contribution >= 4 is 28.6 Å². The zero-order chi connectivity index (χ0) is 22.0. The molecule has 1 aliphatic rings. The predicted octanol–water partition coefficient (Wildman–Crippen LogP) is 3.93. The van der Waals surface area contributed by atoms with Crippen molar-refractivity contribution in [2.45, 2.75) is 32.5 Å². The van der Waals surface area contributed by atoms with Gasteiger partial charge in [0.1, 0.15) is 11.5 Å². The van der Waals surface area contributed by atoms with E-state index in [9.17, 15) is 18.0 Å². The number of urea groups is 1. The second kappa shape index (κ2) is 8.40. The van der Waals surface area contributed by atoms with Gasteiger partial charge < -0.3 is 15.5 Å². The Hall–Kier alpha value is -3.37. The number of carbonyl (C=O) groups is 1. The fourth-order valence-corrected chi connectivity index (χ4v) is 3.52. The lowest BCUT2D eigenvalue weighted by Crippen LogP contribution is -2.35. The Morgan fingerprint density at radius 1 is 1.26 bits per heavy atom. The number of piperidine rings is 1. The van der Waals surface area contributed by atoms with Crippen molar-refractivity contribution in [3.8, 4) is 0 Å². The van der Waals surface area contributed by atoms with Crippen molar-refractivity contribution in [1.29, 1.82) is 0 Å². The van der Waals surface area contributed by atoms with Crippen LogP contribution in [0.4, 0.5) is 29.5 Å². The Labute approximate surface area is 176 Å². The number of alkyl halides is 3. The number of nitrogens with zero attached hydrogens (tertiary/aromatic N) is 4. The maximum atomic E-state index is 13.2. The van der Waals surface area contributed by atoms with Crippen molar-refractivity contribution in [3.63, 3.8) is 0 Å². The van der Waals surface area contributed by atoms with Gasteiger partial charge in [-0.15, -0.1) is 0 Å². The van der Waals surface area contributed by atoms with Crippen LogP contribution in [-0.2, 0) is 12.7 Å². The SMILES string of the molecule is CC1CCN(c2nc(C(F)(F)F)ccc2CNC(=O)Nc2cnc3[nH]ncc3c2)CC1. The largest absolute Gasteiger partial charge is 0.433 e. The molecule has 0 aliphatic carbocycles. The van der Waals surface area contributed by atoms with Gasteiger partial charge in [0.2, 0.25) is 0 Å². The number of aromatic amines is 1. The lowest BCUT2D eigenvalue weighted by molar-refractivity contribution is -0.141. The number of pyridine rings is 2. The fraction of sp³-hybridized carbons (Fsp3) is 0.400. The Kier molecular flexibility index (Phi) is 5.66. The van der Waals surface area contributed by atoms with Gasteiger partial charge >= 0.3 is 12.2 Å². The number of halogens is 3. The molecule has 11 heteroatoms. The first kappa shape index (κ1) is 20.9. The van der Waals surface area contributed by atoms with E-state index in [4.69, 9.17) is 0 Å². The summed E-state index contributed by atoms with van der Waals surface area (Å²) in [4.78, 5) is 22.2. The molecule has 2 amide bonds. The molecule has 0 radical (unpaired) electrons. The molecule has 4 heterocycles. The molecule has 1 aliphatic heterocycles. The van der Waals surface area contributed by atoms with E-state index in [-0.39, 0.29) is 12.4 Å². The molecule has 0 atom stereocenters. The Morgan fingerprint density at radius 3 is 2.77 bits per heavy atom. The molecule has 0 spiro atoms. The summed E-state index contributed by atoms with van der Waals surface area (Å²) in [6.07, 6.45) is 0.314. The summed E-state index contributed by atoms with van der Waals surface area (Å²) < 4.78 is 39.6. The van der Waals surface area contributed by atoms with Crippen LogP contribution in [0.5, 0.6) is 0 Å². The molecule has 164 valence electrons. The summed E-state index contributed by atoms with van der Waals surface area (Å²) >= 11 is 0. The predicted molar refractivity (Wildman–Crippen MR) is 110 cm³/mol. The maximum absolute atomic E-state index is 13.2. The summed E-state index contributed by atoms with van der Waals surface area (Å²) in [5, 5.41) is 12.7. The van der Waals surface area contributed by atoms with Crippen molar-refractivity contribution in [2.75, 3.05) is 23.3 Å². The van der Waals surface area contributed by atoms with Crippen molar-refractivity contribution in [3.05, 3.63) is 41.9 Å². The third kappa shape index (κ3) is 4.86. The van der Waals surface area contributed by atoms with Crippen LogP contribution >= 0.6 is 0 Å². The summed E-state index contributed by atoms with van der Waals surface area (Å²) in [7, 11) is 0. The molecule has 0 saturated carbocycles. The third-order valence-corrected chi connectivity index (χ3v) is 5.32. The first-order valence-electron chi connectivity index (χ1n) is 9.95. The number of hydrogen-bond acceptors (Lipinski definition) is 5. The van der Waals surface area contributed by atoms with E-state index in [2.05, 4.69) is 37.7 Å². The van der Waals surface area contributed by atoms with Crippen molar-refractivity contribution in [1.82, 2.24) is 25.5 Å². The second-order valence-electron chi connectivity index (χ2n) is 7.69. The van der Waals surface area contributed by atoms with Crippen LogP contribution in [0, 0.1) is 5.92 Å². The van der Waals surface area contributed by atoms with Gasteiger partial charge in [-0.25, -0.2) is 14.8 Å². The van der Waals surface area contributed by atoms with Crippen LogP contribution in [0.3, 0.4) is 0 Å². The monoisotopic (exact) mass is 433 g/mol. The highest BCUT2D eigenvalue weighted by atomic mass is 19.4. The molecule has 4 rings (SSSR count). The van der Waals surface area contributed by atoms with Gasteiger partial charge in [-0.05, 0) is 30.9 Å². The summed E-state index contributed by atoms with van der Waals surface area (Å²) in [5.74, 6) is 0.791. The van der Waals surface area contributed by atoms with E-state index in [1.54, 1.807) is 12.3 Å². The number of nitrogens with one attached hydrogen (secondary N) is 3. The molecule has 8 nitrogen and oxygen atoms in total. The minimum atomic E-state index is -4.53. The number of H-pyrrole nitrogens is 1. The Balaban J connectivity index is 1.47. The highest BCUT2D eigenvalue weighted by Gasteiger charge is 2.34. The van der Waals surface area contributed by atoms with Crippen LogP contribution in [0.15, 0.2) is 30.6 Å². The van der Waals surface area contributed by atoms with Crippen molar-refractivity contribution < 1.29 is 18.0 Å². The highest BCUT2D eigenvalue weighted by molar-refractivity contribution is 5.91. The zero-order valence-electron chi connectivity index (χ0n) is 16.8. The zero-order valence-corrected chi connectivity index (χ0v) is 16.8. The minimum Gasteiger partial charge on any atom is -0.356 e. The van der Waals surface area contributed by atoms with E-state index in [1.165, 1.54) is 12.3 Å². The third-order valence-electron chi connectivity index (χ3n) is 5.32. The number of hydrogen-bond donors (Lipinski definition) is 3. The van der Waals surface area contributed by atoms with Gasteiger partial charge in [0, 0.05) is 30.6 Å². The van der Waals surface area contributed by atoms with Crippen LogP contribution in [-0.4, -0.2) is 39.3 Å². The standard InChI is InChI=1S/C20H22F3N7O/c1-12-4-6-30(7-5-12)18-13(2-3-16(28-18)20(21,22)23)9-25-19(31)27-15-8-14-10-26-29-17(14)24-11-15/h2-3,8,10-12H,4-7,9H2,1H3,(H,24,26,29)(H2,25,27,31). The lowest BCUT2D eigenvalue weighted by atomic mass is 9.99. The Morgan fingerprint density at radius 2 is 2.03 bits per heavy atom. The number of carbonyl (C=O) groups excluding carboxylic acids is 1.